The maximum absolute atomic E-state index is 12.3. The summed E-state index contributed by atoms with van der Waals surface area (Å²) < 4.78 is 5.01. The van der Waals surface area contributed by atoms with E-state index >= 15 is 0 Å². The number of thioether (sulfide) groups is 1. The Bertz CT molecular complexity index is 1100. The van der Waals surface area contributed by atoms with Gasteiger partial charge in [-0.25, -0.2) is 9.97 Å². The van der Waals surface area contributed by atoms with E-state index in [-0.39, 0.29) is 11.7 Å². The molecule has 28 heavy (non-hydrogen) atoms. The van der Waals surface area contributed by atoms with Gasteiger partial charge in [-0.1, -0.05) is 53.4 Å². The van der Waals surface area contributed by atoms with Crippen LogP contribution >= 0.6 is 34.4 Å². The lowest BCUT2D eigenvalue weighted by Gasteiger charge is -2.05. The molecular weight excluding hydrogens is 414 g/mol. The number of fused-ring (bicyclic) bond motifs is 1. The average molecular weight is 430 g/mol. The number of methoxy groups -OCH3 is 1. The zero-order valence-electron chi connectivity index (χ0n) is 14.8. The number of ether oxygens (including phenoxy) is 1. The number of benzene rings is 1. The third-order valence-corrected chi connectivity index (χ3v) is 6.43. The van der Waals surface area contributed by atoms with Crippen molar-refractivity contribution in [3.8, 4) is 11.1 Å². The van der Waals surface area contributed by atoms with Gasteiger partial charge < -0.3 is 4.74 Å². The van der Waals surface area contributed by atoms with Crippen molar-refractivity contribution in [1.29, 1.82) is 0 Å². The van der Waals surface area contributed by atoms with Crippen LogP contribution in [0.25, 0.3) is 21.3 Å². The van der Waals surface area contributed by atoms with Crippen molar-refractivity contribution in [1.82, 2.24) is 20.2 Å². The topological polar surface area (TPSA) is 89.9 Å². The first-order valence-corrected chi connectivity index (χ1v) is 10.9. The molecule has 0 radical (unpaired) electrons. The summed E-state index contributed by atoms with van der Waals surface area (Å²) in [7, 11) is 1.59. The van der Waals surface area contributed by atoms with Crippen LogP contribution in [-0.2, 0) is 16.1 Å². The Balaban J connectivity index is 1.50. The molecule has 4 aromatic rings. The number of hydrogen-bond donors (Lipinski definition) is 1. The molecule has 1 N–H and O–H groups in total. The van der Waals surface area contributed by atoms with Crippen LogP contribution in [0, 0.1) is 0 Å². The van der Waals surface area contributed by atoms with E-state index in [1.165, 1.54) is 29.4 Å². The van der Waals surface area contributed by atoms with Gasteiger partial charge in [-0.15, -0.1) is 21.5 Å². The number of nitrogens with zero attached hydrogens (tertiary/aromatic N) is 4. The van der Waals surface area contributed by atoms with Crippen molar-refractivity contribution >= 4 is 55.7 Å². The SMILES string of the molecule is COCc1nnc(NC(=O)CSc2ncnc3scc(-c4ccccc4)c23)s1. The highest BCUT2D eigenvalue weighted by molar-refractivity contribution is 8.00. The van der Waals surface area contributed by atoms with Crippen LogP contribution < -0.4 is 5.32 Å². The van der Waals surface area contributed by atoms with Crippen molar-refractivity contribution in [2.75, 3.05) is 18.2 Å². The molecule has 0 atom stereocenters. The van der Waals surface area contributed by atoms with Crippen molar-refractivity contribution < 1.29 is 9.53 Å². The monoisotopic (exact) mass is 429 g/mol. The van der Waals surface area contributed by atoms with E-state index in [4.69, 9.17) is 4.74 Å². The Kier molecular flexibility index (Phi) is 5.91. The molecule has 0 aliphatic carbocycles. The summed E-state index contributed by atoms with van der Waals surface area (Å²) in [5.74, 6) is 0.0587. The number of carbonyl (C=O) groups is 1. The number of rotatable bonds is 7. The minimum Gasteiger partial charge on any atom is -0.377 e. The van der Waals surface area contributed by atoms with Gasteiger partial charge in [0.2, 0.25) is 11.0 Å². The lowest BCUT2D eigenvalue weighted by atomic mass is 10.1. The first-order valence-electron chi connectivity index (χ1n) is 8.26. The highest BCUT2D eigenvalue weighted by Crippen LogP contribution is 2.37. The molecule has 10 heteroatoms. The lowest BCUT2D eigenvalue weighted by Crippen LogP contribution is -2.14. The summed E-state index contributed by atoms with van der Waals surface area (Å²) in [5.41, 5.74) is 2.19. The van der Waals surface area contributed by atoms with Gasteiger partial charge in [-0.2, -0.15) is 0 Å². The largest absolute Gasteiger partial charge is 0.377 e. The van der Waals surface area contributed by atoms with Gasteiger partial charge in [-0.3, -0.25) is 10.1 Å². The number of anilines is 1. The van der Waals surface area contributed by atoms with Crippen molar-refractivity contribution in [2.24, 2.45) is 0 Å². The maximum Gasteiger partial charge on any atom is 0.236 e. The third kappa shape index (κ3) is 4.20. The maximum atomic E-state index is 12.3. The van der Waals surface area contributed by atoms with Gasteiger partial charge in [0.05, 0.1) is 11.1 Å². The summed E-state index contributed by atoms with van der Waals surface area (Å²) >= 11 is 4.26. The molecule has 0 bridgehead atoms. The first kappa shape index (κ1) is 18.9. The van der Waals surface area contributed by atoms with Crippen LogP contribution in [0.5, 0.6) is 0 Å². The lowest BCUT2D eigenvalue weighted by molar-refractivity contribution is -0.113. The Morgan fingerprint density at radius 3 is 2.89 bits per heavy atom. The van der Waals surface area contributed by atoms with E-state index in [9.17, 15) is 4.79 Å². The van der Waals surface area contributed by atoms with Gasteiger partial charge in [0.25, 0.3) is 0 Å². The molecule has 1 amide bonds. The minimum absolute atomic E-state index is 0.159. The predicted molar refractivity (Wildman–Crippen MR) is 113 cm³/mol. The number of hydrogen-bond acceptors (Lipinski definition) is 9. The second-order valence-electron chi connectivity index (χ2n) is 5.65. The van der Waals surface area contributed by atoms with Crippen LogP contribution in [0.1, 0.15) is 5.01 Å². The molecule has 142 valence electrons. The van der Waals surface area contributed by atoms with E-state index in [0.717, 1.165) is 26.4 Å². The molecule has 3 heterocycles. The standard InChI is InChI=1S/C18H15N5O2S3/c1-25-7-14-22-23-18(28-14)21-13(24)9-27-17-15-12(11-5-3-2-4-6-11)8-26-16(15)19-10-20-17/h2-6,8,10H,7,9H2,1H3,(H,21,23,24). The summed E-state index contributed by atoms with van der Waals surface area (Å²) in [5, 5.41) is 15.7. The number of nitrogens with one attached hydrogen (secondary N) is 1. The zero-order chi connectivity index (χ0) is 19.3. The Morgan fingerprint density at radius 1 is 1.21 bits per heavy atom. The molecule has 0 saturated carbocycles. The highest BCUT2D eigenvalue weighted by atomic mass is 32.2. The molecular formula is C18H15N5O2S3. The van der Waals surface area contributed by atoms with Crippen LogP contribution in [0.2, 0.25) is 0 Å². The number of amides is 1. The molecule has 7 nitrogen and oxygen atoms in total. The number of thiophene rings is 1. The summed E-state index contributed by atoms with van der Waals surface area (Å²) in [6, 6.07) is 10.1. The molecule has 0 unspecified atom stereocenters. The minimum atomic E-state index is -0.159. The predicted octanol–water partition coefficient (Wildman–Crippen LogP) is 4.09. The fourth-order valence-corrected chi connectivity index (χ4v) is 5.08. The van der Waals surface area contributed by atoms with Gasteiger partial charge in [0, 0.05) is 18.1 Å². The van der Waals surface area contributed by atoms with E-state index in [0.29, 0.717) is 16.7 Å². The fraction of sp³-hybridized carbons (Fsp3) is 0.167. The summed E-state index contributed by atoms with van der Waals surface area (Å²) in [6.45, 7) is 0.377. The van der Waals surface area contributed by atoms with Crippen molar-refractivity contribution in [3.05, 3.63) is 47.0 Å². The normalized spacial score (nSPS) is 11.0. The molecule has 0 aliphatic heterocycles. The number of aromatic nitrogens is 4. The highest BCUT2D eigenvalue weighted by Gasteiger charge is 2.15. The molecule has 0 aliphatic rings. The van der Waals surface area contributed by atoms with Gasteiger partial charge in [0.1, 0.15) is 27.8 Å². The Morgan fingerprint density at radius 2 is 2.07 bits per heavy atom. The van der Waals surface area contributed by atoms with E-state index in [1.807, 2.05) is 18.2 Å². The van der Waals surface area contributed by atoms with Crippen molar-refractivity contribution in [3.63, 3.8) is 0 Å². The summed E-state index contributed by atoms with van der Waals surface area (Å²) in [4.78, 5) is 22.0. The first-order chi connectivity index (χ1) is 13.7. The Hall–Kier alpha value is -2.40. The van der Waals surface area contributed by atoms with Crippen LogP contribution in [0.15, 0.2) is 47.1 Å². The molecule has 0 spiro atoms. The van der Waals surface area contributed by atoms with Crippen LogP contribution in [0.4, 0.5) is 5.13 Å². The van der Waals surface area contributed by atoms with Crippen molar-refractivity contribution in [2.45, 2.75) is 11.6 Å². The van der Waals surface area contributed by atoms with Crippen LogP contribution in [0.3, 0.4) is 0 Å². The second kappa shape index (κ2) is 8.74. The quantitative estimate of drug-likeness (QED) is 0.350. The number of carbonyl (C=O) groups excluding carboxylic acids is 1. The van der Waals surface area contributed by atoms with E-state index in [2.05, 4.69) is 43.0 Å². The molecule has 4 rings (SSSR count). The molecule has 1 aromatic carbocycles. The van der Waals surface area contributed by atoms with Gasteiger partial charge in [-0.05, 0) is 5.56 Å². The summed E-state index contributed by atoms with van der Waals surface area (Å²) in [6.07, 6.45) is 1.54. The molecule has 3 aromatic heterocycles. The van der Waals surface area contributed by atoms with E-state index in [1.54, 1.807) is 18.4 Å². The fourth-order valence-electron chi connectivity index (χ4n) is 2.56. The van der Waals surface area contributed by atoms with Crippen LogP contribution in [-0.4, -0.2) is 38.9 Å². The third-order valence-electron chi connectivity index (χ3n) is 3.74. The zero-order valence-corrected chi connectivity index (χ0v) is 17.2. The molecule has 0 saturated heterocycles. The van der Waals surface area contributed by atoms with E-state index < -0.39 is 0 Å². The van der Waals surface area contributed by atoms with Gasteiger partial charge >= 0.3 is 0 Å². The smallest absolute Gasteiger partial charge is 0.236 e. The molecule has 0 fully saturated rings. The van der Waals surface area contributed by atoms with Gasteiger partial charge in [0.15, 0.2) is 0 Å². The average Bonchev–Trinajstić information content (AvgIpc) is 3.34. The second-order valence-corrected chi connectivity index (χ2v) is 8.53. The Labute approximate surface area is 173 Å².